The number of carbonyl (C=O) groups excluding carboxylic acids is 1. The summed E-state index contributed by atoms with van der Waals surface area (Å²) >= 11 is 0. The fourth-order valence-electron chi connectivity index (χ4n) is 3.25. The van der Waals surface area contributed by atoms with E-state index in [4.69, 9.17) is 4.74 Å². The molecule has 0 aromatic heterocycles. The molecule has 1 saturated heterocycles. The van der Waals surface area contributed by atoms with Gasteiger partial charge in [0.2, 0.25) is 5.91 Å². The molecular weight excluding hydrogens is 312 g/mol. The Kier molecular flexibility index (Phi) is 6.07. The molecule has 1 heterocycles. The van der Waals surface area contributed by atoms with Gasteiger partial charge in [-0.1, -0.05) is 42.5 Å². The largest absolute Gasteiger partial charge is 0.496 e. The summed E-state index contributed by atoms with van der Waals surface area (Å²) < 4.78 is 5.29. The van der Waals surface area contributed by atoms with E-state index in [0.29, 0.717) is 13.0 Å². The predicted molar refractivity (Wildman–Crippen MR) is 99.5 cm³/mol. The molecule has 1 fully saturated rings. The molecule has 0 bridgehead atoms. The zero-order chi connectivity index (χ0) is 17.5. The van der Waals surface area contributed by atoms with Crippen molar-refractivity contribution in [1.29, 1.82) is 0 Å². The van der Waals surface area contributed by atoms with Gasteiger partial charge in [0.25, 0.3) is 0 Å². The molecule has 0 unspecified atom stereocenters. The fraction of sp³-hybridized carbons (Fsp3) is 0.381. The first kappa shape index (κ1) is 17.5. The first-order valence-electron chi connectivity index (χ1n) is 8.93. The van der Waals surface area contributed by atoms with Crippen molar-refractivity contribution in [2.75, 3.05) is 20.2 Å². The third-order valence-corrected chi connectivity index (χ3v) is 4.66. The lowest BCUT2D eigenvalue weighted by atomic mass is 10.1. The lowest BCUT2D eigenvalue weighted by Crippen LogP contribution is -2.24. The average Bonchev–Trinajstić information content (AvgIpc) is 3.15. The number of carbonyl (C=O) groups is 1. The number of nitrogens with zero attached hydrogens (tertiary/aromatic N) is 1. The maximum Gasteiger partial charge on any atom is 0.224 e. The van der Waals surface area contributed by atoms with Gasteiger partial charge in [-0.2, -0.15) is 0 Å². The van der Waals surface area contributed by atoms with Crippen LogP contribution in [0.4, 0.5) is 0 Å². The minimum absolute atomic E-state index is 0.00523. The van der Waals surface area contributed by atoms with E-state index >= 15 is 0 Å². The number of hydrogen-bond acceptors (Lipinski definition) is 3. The van der Waals surface area contributed by atoms with Crippen molar-refractivity contribution >= 4 is 5.91 Å². The van der Waals surface area contributed by atoms with E-state index < -0.39 is 0 Å². The van der Waals surface area contributed by atoms with Crippen molar-refractivity contribution in [2.45, 2.75) is 32.4 Å². The van der Waals surface area contributed by atoms with Gasteiger partial charge in [-0.05, 0) is 43.1 Å². The number of ether oxygens (including phenoxy) is 1. The van der Waals surface area contributed by atoms with Crippen LogP contribution in [0.15, 0.2) is 48.5 Å². The number of likely N-dealkylation sites (tertiary alicyclic amines) is 1. The van der Waals surface area contributed by atoms with Gasteiger partial charge in [-0.15, -0.1) is 0 Å². The quantitative estimate of drug-likeness (QED) is 0.843. The number of hydrogen-bond donors (Lipinski definition) is 1. The Balaban J connectivity index is 1.48. The summed E-state index contributed by atoms with van der Waals surface area (Å²) in [6.45, 7) is 4.00. The maximum atomic E-state index is 12.2. The van der Waals surface area contributed by atoms with Crippen LogP contribution in [0.25, 0.3) is 0 Å². The van der Waals surface area contributed by atoms with Gasteiger partial charge in [-0.25, -0.2) is 0 Å². The van der Waals surface area contributed by atoms with Crippen molar-refractivity contribution < 1.29 is 9.53 Å². The number of methoxy groups -OCH3 is 1. The summed E-state index contributed by atoms with van der Waals surface area (Å²) in [6, 6.07) is 16.2. The fourth-order valence-corrected chi connectivity index (χ4v) is 3.25. The lowest BCUT2D eigenvalue weighted by Gasteiger charge is -2.14. The summed E-state index contributed by atoms with van der Waals surface area (Å²) in [4.78, 5) is 14.7. The number of para-hydroxylation sites is 1. The highest BCUT2D eigenvalue weighted by Crippen LogP contribution is 2.18. The van der Waals surface area contributed by atoms with E-state index in [-0.39, 0.29) is 5.91 Å². The molecule has 1 aliphatic heterocycles. The Labute approximate surface area is 149 Å². The zero-order valence-corrected chi connectivity index (χ0v) is 14.8. The molecule has 0 saturated carbocycles. The molecule has 2 aromatic carbocycles. The third-order valence-electron chi connectivity index (χ3n) is 4.66. The van der Waals surface area contributed by atoms with E-state index in [2.05, 4.69) is 34.5 Å². The standard InChI is InChI=1S/C21H26N2O2/c1-25-20-7-3-2-6-19(20)14-21(24)22-15-17-8-10-18(11-9-17)16-23-12-4-5-13-23/h2-3,6-11H,4-5,12-16H2,1H3,(H,22,24). The second kappa shape index (κ2) is 8.67. The second-order valence-electron chi connectivity index (χ2n) is 6.57. The molecule has 0 atom stereocenters. The number of amides is 1. The summed E-state index contributed by atoms with van der Waals surface area (Å²) in [7, 11) is 1.63. The van der Waals surface area contributed by atoms with Crippen LogP contribution in [0.5, 0.6) is 5.75 Å². The van der Waals surface area contributed by atoms with Crippen LogP contribution in [0, 0.1) is 0 Å². The van der Waals surface area contributed by atoms with Gasteiger partial charge >= 0.3 is 0 Å². The summed E-state index contributed by atoms with van der Waals surface area (Å²) in [6.07, 6.45) is 2.96. The zero-order valence-electron chi connectivity index (χ0n) is 14.8. The Hall–Kier alpha value is -2.33. The van der Waals surface area contributed by atoms with E-state index in [1.54, 1.807) is 7.11 Å². The Morgan fingerprint density at radius 1 is 1.04 bits per heavy atom. The normalized spacial score (nSPS) is 14.4. The average molecular weight is 338 g/mol. The van der Waals surface area contributed by atoms with Crippen LogP contribution in [-0.2, 0) is 24.3 Å². The van der Waals surface area contributed by atoms with Crippen LogP contribution < -0.4 is 10.1 Å². The van der Waals surface area contributed by atoms with E-state index in [1.807, 2.05) is 24.3 Å². The number of rotatable bonds is 7. The van der Waals surface area contributed by atoms with Crippen LogP contribution >= 0.6 is 0 Å². The Bertz CT molecular complexity index is 691. The minimum atomic E-state index is 0.00523. The molecular formula is C21H26N2O2. The Morgan fingerprint density at radius 2 is 1.72 bits per heavy atom. The predicted octanol–water partition coefficient (Wildman–Crippen LogP) is 3.15. The van der Waals surface area contributed by atoms with E-state index in [0.717, 1.165) is 23.4 Å². The summed E-state index contributed by atoms with van der Waals surface area (Å²) in [5.74, 6) is 0.759. The molecule has 2 aromatic rings. The molecule has 132 valence electrons. The molecule has 1 aliphatic rings. The van der Waals surface area contributed by atoms with Gasteiger partial charge in [0.05, 0.1) is 13.5 Å². The van der Waals surface area contributed by atoms with Gasteiger partial charge in [0, 0.05) is 18.7 Å². The van der Waals surface area contributed by atoms with Crippen LogP contribution in [0.2, 0.25) is 0 Å². The SMILES string of the molecule is COc1ccccc1CC(=O)NCc1ccc(CN2CCCC2)cc1. The molecule has 3 rings (SSSR count). The minimum Gasteiger partial charge on any atom is -0.496 e. The smallest absolute Gasteiger partial charge is 0.224 e. The highest BCUT2D eigenvalue weighted by molar-refractivity contribution is 5.79. The highest BCUT2D eigenvalue weighted by atomic mass is 16.5. The van der Waals surface area contributed by atoms with Crippen molar-refractivity contribution in [2.24, 2.45) is 0 Å². The maximum absolute atomic E-state index is 12.2. The number of nitrogens with one attached hydrogen (secondary N) is 1. The molecule has 0 radical (unpaired) electrons. The number of benzene rings is 2. The van der Waals surface area contributed by atoms with Gasteiger partial charge in [0.15, 0.2) is 0 Å². The molecule has 4 nitrogen and oxygen atoms in total. The van der Waals surface area contributed by atoms with Crippen molar-refractivity contribution in [1.82, 2.24) is 10.2 Å². The van der Waals surface area contributed by atoms with Crippen LogP contribution in [0.1, 0.15) is 29.5 Å². The molecule has 0 spiro atoms. The summed E-state index contributed by atoms with van der Waals surface area (Å²) in [5, 5.41) is 2.99. The molecule has 1 N–H and O–H groups in total. The monoisotopic (exact) mass is 338 g/mol. The molecule has 25 heavy (non-hydrogen) atoms. The Morgan fingerprint density at radius 3 is 2.44 bits per heavy atom. The molecule has 0 aliphatic carbocycles. The van der Waals surface area contributed by atoms with Crippen molar-refractivity contribution in [3.05, 3.63) is 65.2 Å². The highest BCUT2D eigenvalue weighted by Gasteiger charge is 2.11. The molecule has 1 amide bonds. The summed E-state index contributed by atoms with van der Waals surface area (Å²) in [5.41, 5.74) is 3.37. The molecule has 4 heteroatoms. The first-order chi connectivity index (χ1) is 12.2. The van der Waals surface area contributed by atoms with E-state index in [1.165, 1.54) is 31.5 Å². The van der Waals surface area contributed by atoms with Crippen molar-refractivity contribution in [3.8, 4) is 5.75 Å². The topological polar surface area (TPSA) is 41.6 Å². The van der Waals surface area contributed by atoms with Gasteiger partial charge < -0.3 is 10.1 Å². The van der Waals surface area contributed by atoms with Crippen LogP contribution in [0.3, 0.4) is 0 Å². The van der Waals surface area contributed by atoms with Crippen LogP contribution in [-0.4, -0.2) is 31.0 Å². The van der Waals surface area contributed by atoms with Gasteiger partial charge in [-0.3, -0.25) is 9.69 Å². The third kappa shape index (κ3) is 5.07. The van der Waals surface area contributed by atoms with E-state index in [9.17, 15) is 4.79 Å². The lowest BCUT2D eigenvalue weighted by molar-refractivity contribution is -0.120. The van der Waals surface area contributed by atoms with Crippen molar-refractivity contribution in [3.63, 3.8) is 0 Å². The first-order valence-corrected chi connectivity index (χ1v) is 8.93. The van der Waals surface area contributed by atoms with Gasteiger partial charge in [0.1, 0.15) is 5.75 Å². The second-order valence-corrected chi connectivity index (χ2v) is 6.57.